The van der Waals surface area contributed by atoms with E-state index < -0.39 is 5.97 Å². The Morgan fingerprint density at radius 3 is 2.63 bits per heavy atom. The van der Waals surface area contributed by atoms with Crippen molar-refractivity contribution in [3.8, 4) is 23.8 Å². The predicted molar refractivity (Wildman–Crippen MR) is 97.9 cm³/mol. The van der Waals surface area contributed by atoms with Crippen molar-refractivity contribution in [1.29, 1.82) is 0 Å². The van der Waals surface area contributed by atoms with E-state index in [1.807, 2.05) is 0 Å². The van der Waals surface area contributed by atoms with E-state index in [0.717, 1.165) is 10.2 Å². The molecule has 7 nitrogen and oxygen atoms in total. The van der Waals surface area contributed by atoms with Gasteiger partial charge in [-0.2, -0.15) is 9.78 Å². The quantitative estimate of drug-likeness (QED) is 0.712. The zero-order valence-corrected chi connectivity index (χ0v) is 14.2. The molecule has 0 radical (unpaired) electrons. The lowest BCUT2D eigenvalue weighted by Gasteiger charge is -1.97. The number of nitrogens with zero attached hydrogens (tertiary/aromatic N) is 4. The summed E-state index contributed by atoms with van der Waals surface area (Å²) in [7, 11) is 0. The zero-order valence-electron chi connectivity index (χ0n) is 14.2. The molecule has 0 amide bonds. The first kappa shape index (κ1) is 17.7. The topological polar surface area (TPSA) is 90.0 Å². The van der Waals surface area contributed by atoms with Crippen molar-refractivity contribution < 1.29 is 9.90 Å². The summed E-state index contributed by atoms with van der Waals surface area (Å²) in [6, 6.07) is 10.6. The van der Waals surface area contributed by atoms with Crippen molar-refractivity contribution in [2.45, 2.75) is 13.0 Å². The van der Waals surface area contributed by atoms with Crippen LogP contribution < -0.4 is 5.56 Å². The summed E-state index contributed by atoms with van der Waals surface area (Å²) in [4.78, 5) is 27.1. The van der Waals surface area contributed by atoms with Gasteiger partial charge < -0.3 is 9.67 Å². The molecule has 0 unspecified atom stereocenters. The summed E-state index contributed by atoms with van der Waals surface area (Å²) < 4.78 is 2.84. The molecule has 0 saturated heterocycles. The third-order valence-corrected chi connectivity index (χ3v) is 3.57. The van der Waals surface area contributed by atoms with Gasteiger partial charge in [-0.1, -0.05) is 29.9 Å². The third-order valence-electron chi connectivity index (χ3n) is 3.57. The number of aromatic carboxylic acids is 1. The van der Waals surface area contributed by atoms with Gasteiger partial charge in [0, 0.05) is 24.9 Å². The Hall–Kier alpha value is -4.10. The van der Waals surface area contributed by atoms with Gasteiger partial charge in [-0.15, -0.1) is 0 Å². The fourth-order valence-electron chi connectivity index (χ4n) is 2.18. The van der Waals surface area contributed by atoms with E-state index in [2.05, 4.69) is 33.9 Å². The number of hydrogen-bond acceptors (Lipinski definition) is 4. The summed E-state index contributed by atoms with van der Waals surface area (Å²) in [5.74, 6) is 7.60. The molecule has 7 heteroatoms. The van der Waals surface area contributed by atoms with Crippen LogP contribution >= 0.6 is 0 Å². The molecule has 2 aromatic heterocycles. The first-order chi connectivity index (χ1) is 13.1. The number of rotatable bonds is 3. The second-order valence-corrected chi connectivity index (χ2v) is 5.47. The molecular weight excluding hydrogens is 344 g/mol. The Labute approximate surface area is 154 Å². The normalized spacial score (nSPS) is 9.63. The lowest BCUT2D eigenvalue weighted by Crippen LogP contribution is -2.21. The molecule has 27 heavy (non-hydrogen) atoms. The molecule has 0 aliphatic carbocycles. The molecule has 0 atom stereocenters. The summed E-state index contributed by atoms with van der Waals surface area (Å²) in [6.07, 6.45) is 6.93. The Kier molecular flexibility index (Phi) is 5.46. The van der Waals surface area contributed by atoms with E-state index in [0.29, 0.717) is 18.5 Å². The molecule has 0 aliphatic heterocycles. The molecule has 0 saturated carbocycles. The molecule has 132 valence electrons. The van der Waals surface area contributed by atoms with Crippen LogP contribution in [0.5, 0.6) is 0 Å². The minimum atomic E-state index is -0.977. The standard InChI is InChI=1S/C20H14N4O3/c25-19-17(4-2-12-23-14-11-21-15-23)9-10-22-24(19)13-1-3-16-5-7-18(8-6-16)20(26)27/h5-11,14-15H,3,12H2,(H,26,27). The van der Waals surface area contributed by atoms with E-state index in [-0.39, 0.29) is 11.1 Å². The predicted octanol–water partition coefficient (Wildman–Crippen LogP) is 1.24. The van der Waals surface area contributed by atoms with Crippen LogP contribution in [0.25, 0.3) is 0 Å². The SMILES string of the molecule is O=C(O)c1ccc(CC#Cn2nccc(C#CCn3ccnc3)c2=O)cc1. The maximum atomic E-state index is 12.3. The Balaban J connectivity index is 1.71. The Morgan fingerprint density at radius 2 is 1.93 bits per heavy atom. The van der Waals surface area contributed by atoms with Crippen LogP contribution in [-0.2, 0) is 13.0 Å². The first-order valence-corrected chi connectivity index (χ1v) is 7.97. The fourth-order valence-corrected chi connectivity index (χ4v) is 2.18. The summed E-state index contributed by atoms with van der Waals surface area (Å²) in [5.41, 5.74) is 0.984. The highest BCUT2D eigenvalue weighted by atomic mass is 16.4. The number of carboxylic acid groups (broad SMARTS) is 1. The average Bonchev–Trinajstić information content (AvgIpc) is 3.18. The second-order valence-electron chi connectivity index (χ2n) is 5.47. The number of imidazole rings is 1. The van der Waals surface area contributed by atoms with Crippen LogP contribution in [0.3, 0.4) is 0 Å². The smallest absolute Gasteiger partial charge is 0.335 e. The molecule has 0 bridgehead atoms. The molecule has 1 aromatic carbocycles. The number of carboxylic acids is 1. The highest BCUT2D eigenvalue weighted by molar-refractivity contribution is 5.87. The van der Waals surface area contributed by atoms with Gasteiger partial charge in [0.2, 0.25) is 0 Å². The van der Waals surface area contributed by atoms with Crippen LogP contribution in [0.4, 0.5) is 0 Å². The molecule has 0 fully saturated rings. The maximum Gasteiger partial charge on any atom is 0.335 e. The van der Waals surface area contributed by atoms with E-state index in [4.69, 9.17) is 5.11 Å². The number of aromatic nitrogens is 4. The molecule has 0 spiro atoms. The number of benzene rings is 1. The third kappa shape index (κ3) is 4.71. The summed E-state index contributed by atoms with van der Waals surface area (Å²) in [5, 5.41) is 12.8. The molecular formula is C20H14N4O3. The van der Waals surface area contributed by atoms with E-state index in [1.165, 1.54) is 18.3 Å². The largest absolute Gasteiger partial charge is 0.478 e. The number of carbonyl (C=O) groups is 1. The lowest BCUT2D eigenvalue weighted by atomic mass is 10.1. The van der Waals surface area contributed by atoms with Crippen molar-refractivity contribution in [2.24, 2.45) is 0 Å². The minimum absolute atomic E-state index is 0.214. The first-order valence-electron chi connectivity index (χ1n) is 7.97. The van der Waals surface area contributed by atoms with E-state index >= 15 is 0 Å². The highest BCUT2D eigenvalue weighted by Crippen LogP contribution is 2.04. The van der Waals surface area contributed by atoms with Crippen molar-refractivity contribution in [3.05, 3.63) is 82.3 Å². The second kappa shape index (κ2) is 8.32. The fraction of sp³-hybridized carbons (Fsp3) is 0.100. The number of hydrogen-bond donors (Lipinski definition) is 1. The van der Waals surface area contributed by atoms with Gasteiger partial charge in [0.25, 0.3) is 5.56 Å². The van der Waals surface area contributed by atoms with Crippen LogP contribution in [0.15, 0.2) is 60.0 Å². The average molecular weight is 358 g/mol. The zero-order chi connectivity index (χ0) is 19.1. The Bertz CT molecular complexity index is 1120. The molecule has 3 rings (SSSR count). The molecule has 0 aliphatic rings. The van der Waals surface area contributed by atoms with Crippen molar-refractivity contribution in [2.75, 3.05) is 0 Å². The molecule has 1 N–H and O–H groups in total. The van der Waals surface area contributed by atoms with Gasteiger partial charge in [0.1, 0.15) is 0 Å². The maximum absolute atomic E-state index is 12.3. The molecule has 3 aromatic rings. The van der Waals surface area contributed by atoms with Crippen molar-refractivity contribution in [1.82, 2.24) is 19.3 Å². The molecule has 2 heterocycles. The monoisotopic (exact) mass is 358 g/mol. The van der Waals surface area contributed by atoms with Gasteiger partial charge in [0.05, 0.1) is 30.2 Å². The van der Waals surface area contributed by atoms with Crippen LogP contribution in [0.2, 0.25) is 0 Å². The minimum Gasteiger partial charge on any atom is -0.478 e. The summed E-state index contributed by atoms with van der Waals surface area (Å²) >= 11 is 0. The van der Waals surface area contributed by atoms with Crippen LogP contribution in [0.1, 0.15) is 21.5 Å². The van der Waals surface area contributed by atoms with Crippen molar-refractivity contribution >= 4 is 5.97 Å². The highest BCUT2D eigenvalue weighted by Gasteiger charge is 2.01. The van der Waals surface area contributed by atoms with Crippen molar-refractivity contribution in [3.63, 3.8) is 0 Å². The van der Waals surface area contributed by atoms with E-state index in [9.17, 15) is 9.59 Å². The van der Waals surface area contributed by atoms with Crippen LogP contribution in [0, 0.1) is 23.8 Å². The van der Waals surface area contributed by atoms with Gasteiger partial charge in [-0.25, -0.2) is 9.78 Å². The van der Waals surface area contributed by atoms with Crippen LogP contribution in [-0.4, -0.2) is 30.4 Å². The lowest BCUT2D eigenvalue weighted by molar-refractivity contribution is 0.0697. The summed E-state index contributed by atoms with van der Waals surface area (Å²) in [6.45, 7) is 0.430. The van der Waals surface area contributed by atoms with E-state index in [1.54, 1.807) is 41.5 Å². The Morgan fingerprint density at radius 1 is 1.11 bits per heavy atom. The van der Waals surface area contributed by atoms with Gasteiger partial charge in [-0.05, 0) is 23.8 Å². The van der Waals surface area contributed by atoms with Gasteiger partial charge in [-0.3, -0.25) is 4.79 Å². The van der Waals surface area contributed by atoms with Gasteiger partial charge in [0.15, 0.2) is 0 Å². The van der Waals surface area contributed by atoms with Gasteiger partial charge >= 0.3 is 5.97 Å².